The van der Waals surface area contributed by atoms with Gasteiger partial charge in [0.15, 0.2) is 0 Å². The molecule has 1 unspecified atom stereocenters. The molecule has 8 nitrogen and oxygen atoms in total. The number of aromatic nitrogens is 1. The standard InChI is InChI=1S/C23H18ClF2N5O3/c24-13-1-3-15(4-2-13)29-22(33)12-5-16(9-27)31(11-12)21(32)10-28-23(34)20-8-17-18(26)6-14(25)7-19(17)30-20/h1-4,6-8,12,16,30H,5,10-11H2,(H,28,34)(H,29,33)/t12-,16?/m0/s1. The molecule has 0 radical (unpaired) electrons. The fourth-order valence-corrected chi connectivity index (χ4v) is 3.96. The maximum absolute atomic E-state index is 13.9. The van der Waals surface area contributed by atoms with E-state index in [2.05, 4.69) is 15.6 Å². The second-order valence-corrected chi connectivity index (χ2v) is 8.27. The highest BCUT2D eigenvalue weighted by Gasteiger charge is 2.38. The van der Waals surface area contributed by atoms with Gasteiger partial charge in [0.05, 0.1) is 24.0 Å². The van der Waals surface area contributed by atoms with Gasteiger partial charge in [0.1, 0.15) is 23.4 Å². The van der Waals surface area contributed by atoms with Crippen LogP contribution in [0.2, 0.25) is 5.02 Å². The number of carbonyl (C=O) groups excluding carboxylic acids is 3. The van der Waals surface area contributed by atoms with Crippen LogP contribution in [-0.4, -0.2) is 46.7 Å². The lowest BCUT2D eigenvalue weighted by Gasteiger charge is -2.19. The first-order valence-corrected chi connectivity index (χ1v) is 10.6. The molecular weight excluding hydrogens is 468 g/mol. The van der Waals surface area contributed by atoms with Crippen molar-refractivity contribution < 1.29 is 23.2 Å². The van der Waals surface area contributed by atoms with Crippen LogP contribution >= 0.6 is 11.6 Å². The Morgan fingerprint density at radius 2 is 1.91 bits per heavy atom. The van der Waals surface area contributed by atoms with Crippen molar-refractivity contribution >= 4 is 45.9 Å². The molecule has 2 heterocycles. The molecule has 0 aliphatic carbocycles. The van der Waals surface area contributed by atoms with Gasteiger partial charge in [0.2, 0.25) is 11.8 Å². The Kier molecular flexibility index (Phi) is 6.47. The maximum Gasteiger partial charge on any atom is 0.268 e. The third-order valence-corrected chi connectivity index (χ3v) is 5.80. The summed E-state index contributed by atoms with van der Waals surface area (Å²) in [5, 5.41) is 15.1. The second kappa shape index (κ2) is 9.49. The molecule has 11 heteroatoms. The van der Waals surface area contributed by atoms with Gasteiger partial charge in [-0.25, -0.2) is 8.78 Å². The molecule has 1 saturated heterocycles. The molecule has 3 aromatic rings. The Bertz CT molecular complexity index is 1320. The fraction of sp³-hybridized carbons (Fsp3) is 0.217. The number of likely N-dealkylation sites (tertiary alicyclic amines) is 1. The molecule has 0 bridgehead atoms. The number of halogens is 3. The third kappa shape index (κ3) is 4.84. The molecule has 0 saturated carbocycles. The highest BCUT2D eigenvalue weighted by molar-refractivity contribution is 6.30. The van der Waals surface area contributed by atoms with Crippen LogP contribution in [0.1, 0.15) is 16.9 Å². The van der Waals surface area contributed by atoms with Crippen LogP contribution in [0.5, 0.6) is 0 Å². The van der Waals surface area contributed by atoms with E-state index in [0.717, 1.165) is 6.07 Å². The number of rotatable bonds is 5. The van der Waals surface area contributed by atoms with Crippen LogP contribution in [0.4, 0.5) is 14.5 Å². The molecule has 1 aliphatic rings. The SMILES string of the molecule is N#CC1C[C@H](C(=O)Nc2ccc(Cl)cc2)CN1C(=O)CNC(=O)c1cc2c(F)cc(F)cc2[nH]1. The zero-order valence-corrected chi connectivity index (χ0v) is 18.3. The van der Waals surface area contributed by atoms with Crippen LogP contribution in [0.25, 0.3) is 10.9 Å². The van der Waals surface area contributed by atoms with Gasteiger partial charge in [-0.3, -0.25) is 14.4 Å². The summed E-state index contributed by atoms with van der Waals surface area (Å²) in [6.07, 6.45) is 0.155. The van der Waals surface area contributed by atoms with Gasteiger partial charge >= 0.3 is 0 Å². The minimum absolute atomic E-state index is 0.0171. The topological polar surface area (TPSA) is 118 Å². The molecule has 2 aromatic carbocycles. The molecule has 3 N–H and O–H groups in total. The summed E-state index contributed by atoms with van der Waals surface area (Å²) in [4.78, 5) is 41.5. The Morgan fingerprint density at radius 3 is 2.62 bits per heavy atom. The van der Waals surface area contributed by atoms with E-state index in [-0.39, 0.29) is 35.5 Å². The number of anilines is 1. The van der Waals surface area contributed by atoms with E-state index >= 15 is 0 Å². The second-order valence-electron chi connectivity index (χ2n) is 7.83. The van der Waals surface area contributed by atoms with E-state index in [1.54, 1.807) is 24.3 Å². The molecule has 174 valence electrons. The first-order valence-electron chi connectivity index (χ1n) is 10.3. The number of amides is 3. The highest BCUT2D eigenvalue weighted by atomic mass is 35.5. The van der Waals surface area contributed by atoms with Crippen molar-refractivity contribution in [1.29, 1.82) is 5.26 Å². The first-order chi connectivity index (χ1) is 16.2. The number of fused-ring (bicyclic) bond motifs is 1. The van der Waals surface area contributed by atoms with Gasteiger partial charge < -0.3 is 20.5 Å². The smallest absolute Gasteiger partial charge is 0.268 e. The van der Waals surface area contributed by atoms with Crippen LogP contribution in [-0.2, 0) is 9.59 Å². The lowest BCUT2D eigenvalue weighted by molar-refractivity contribution is -0.130. The average molecular weight is 486 g/mol. The van der Waals surface area contributed by atoms with Crippen LogP contribution in [0, 0.1) is 28.9 Å². The van der Waals surface area contributed by atoms with Crippen molar-refractivity contribution in [3.8, 4) is 6.07 Å². The predicted molar refractivity (Wildman–Crippen MR) is 120 cm³/mol. The summed E-state index contributed by atoms with van der Waals surface area (Å²) in [6, 6.07) is 10.7. The number of benzene rings is 2. The van der Waals surface area contributed by atoms with E-state index in [4.69, 9.17) is 11.6 Å². The molecule has 3 amide bonds. The molecular formula is C23H18ClF2N5O3. The number of carbonyl (C=O) groups is 3. The number of aromatic amines is 1. The summed E-state index contributed by atoms with van der Waals surface area (Å²) >= 11 is 5.84. The number of nitrogens with one attached hydrogen (secondary N) is 3. The van der Waals surface area contributed by atoms with Gasteiger partial charge in [0, 0.05) is 28.7 Å². The van der Waals surface area contributed by atoms with Gasteiger partial charge in [-0.1, -0.05) is 11.6 Å². The predicted octanol–water partition coefficient (Wildman–Crippen LogP) is 3.21. The normalized spacial score (nSPS) is 17.4. The van der Waals surface area contributed by atoms with Crippen LogP contribution in [0.3, 0.4) is 0 Å². The number of hydrogen-bond acceptors (Lipinski definition) is 4. The van der Waals surface area contributed by atoms with E-state index < -0.39 is 42.0 Å². The monoisotopic (exact) mass is 485 g/mol. The van der Waals surface area contributed by atoms with Crippen LogP contribution < -0.4 is 10.6 Å². The Labute approximate surface area is 197 Å². The van der Waals surface area contributed by atoms with Gasteiger partial charge in [-0.15, -0.1) is 0 Å². The van der Waals surface area contributed by atoms with E-state index in [1.165, 1.54) is 11.0 Å². The zero-order chi connectivity index (χ0) is 24.4. The third-order valence-electron chi connectivity index (χ3n) is 5.55. The molecule has 1 aromatic heterocycles. The van der Waals surface area contributed by atoms with Crippen molar-refractivity contribution in [3.05, 3.63) is 64.8 Å². The van der Waals surface area contributed by atoms with Gasteiger partial charge in [0.25, 0.3) is 5.91 Å². The Morgan fingerprint density at radius 1 is 1.18 bits per heavy atom. The summed E-state index contributed by atoms with van der Waals surface area (Å²) in [7, 11) is 0. The van der Waals surface area contributed by atoms with E-state index in [0.29, 0.717) is 16.8 Å². The molecule has 4 rings (SSSR count). The minimum atomic E-state index is -0.824. The van der Waals surface area contributed by atoms with Crippen molar-refractivity contribution in [2.45, 2.75) is 12.5 Å². The van der Waals surface area contributed by atoms with Gasteiger partial charge in [-0.05, 0) is 42.8 Å². The summed E-state index contributed by atoms with van der Waals surface area (Å²) in [5.41, 5.74) is 0.591. The molecule has 2 atom stereocenters. The van der Waals surface area contributed by atoms with Crippen molar-refractivity contribution in [2.24, 2.45) is 5.92 Å². The van der Waals surface area contributed by atoms with Crippen molar-refractivity contribution in [2.75, 3.05) is 18.4 Å². The molecule has 0 spiro atoms. The molecule has 34 heavy (non-hydrogen) atoms. The summed E-state index contributed by atoms with van der Waals surface area (Å²) < 4.78 is 27.2. The first kappa shape index (κ1) is 23.2. The molecule has 1 fully saturated rings. The van der Waals surface area contributed by atoms with Crippen molar-refractivity contribution in [1.82, 2.24) is 15.2 Å². The summed E-state index contributed by atoms with van der Waals surface area (Å²) in [6.45, 7) is -0.419. The average Bonchev–Trinajstić information content (AvgIpc) is 3.43. The number of nitriles is 1. The minimum Gasteiger partial charge on any atom is -0.350 e. The lowest BCUT2D eigenvalue weighted by Crippen LogP contribution is -2.42. The van der Waals surface area contributed by atoms with E-state index in [9.17, 15) is 28.4 Å². The maximum atomic E-state index is 13.9. The fourth-order valence-electron chi connectivity index (χ4n) is 3.84. The van der Waals surface area contributed by atoms with E-state index in [1.807, 2.05) is 6.07 Å². The zero-order valence-electron chi connectivity index (χ0n) is 17.6. The highest BCUT2D eigenvalue weighted by Crippen LogP contribution is 2.25. The number of hydrogen-bond donors (Lipinski definition) is 3. The Hall–Kier alpha value is -3.97. The number of nitrogens with zero attached hydrogens (tertiary/aromatic N) is 2. The quantitative estimate of drug-likeness (QED) is 0.514. The largest absolute Gasteiger partial charge is 0.350 e. The number of H-pyrrole nitrogens is 1. The van der Waals surface area contributed by atoms with Gasteiger partial charge in [-0.2, -0.15) is 5.26 Å². The van der Waals surface area contributed by atoms with Crippen molar-refractivity contribution in [3.63, 3.8) is 0 Å². The molecule has 1 aliphatic heterocycles. The lowest BCUT2D eigenvalue weighted by atomic mass is 10.1. The Balaban J connectivity index is 1.37. The van der Waals surface area contributed by atoms with Crippen LogP contribution in [0.15, 0.2) is 42.5 Å². The summed E-state index contributed by atoms with van der Waals surface area (Å²) in [5.74, 6) is -3.80.